The van der Waals surface area contributed by atoms with Gasteiger partial charge >= 0.3 is 0 Å². The first-order valence-electron chi connectivity index (χ1n) is 17.6. The topological polar surface area (TPSA) is 34.1 Å². The second kappa shape index (κ2) is 24.3. The van der Waals surface area contributed by atoms with Gasteiger partial charge in [-0.1, -0.05) is 159 Å². The molecule has 2 aromatic carbocycles. The van der Waals surface area contributed by atoms with Crippen LogP contribution in [-0.4, -0.2) is 12.1 Å². The van der Waals surface area contributed by atoms with E-state index in [0.717, 1.165) is 70.6 Å². The lowest BCUT2D eigenvalue weighted by Gasteiger charge is -2.16. The van der Waals surface area contributed by atoms with E-state index in [2.05, 4.69) is 71.4 Å². The van der Waals surface area contributed by atoms with Gasteiger partial charge < -0.3 is 0 Å². The number of aryl methyl sites for hydroxylation is 2. The number of Topliss-reactive ketones (excluding diaryl/α,β-unsaturated/α-hetero) is 1. The Bertz CT molecular complexity index is 1820. The summed E-state index contributed by atoms with van der Waals surface area (Å²) < 4.78 is 0. The van der Waals surface area contributed by atoms with Gasteiger partial charge in [0.15, 0.2) is 12.1 Å². The molecule has 0 unspecified atom stereocenters. The van der Waals surface area contributed by atoms with Crippen molar-refractivity contribution in [3.63, 3.8) is 0 Å². The van der Waals surface area contributed by atoms with Crippen molar-refractivity contribution in [1.29, 1.82) is 0 Å². The van der Waals surface area contributed by atoms with Crippen LogP contribution in [0.3, 0.4) is 0 Å². The van der Waals surface area contributed by atoms with E-state index in [1.807, 2.05) is 58.0 Å². The zero-order valence-electron chi connectivity index (χ0n) is 32.1. The molecular formula is C47H55Cl3O2. The quantitative estimate of drug-likeness (QED) is 0.0632. The van der Waals surface area contributed by atoms with Crippen molar-refractivity contribution in [1.82, 2.24) is 0 Å². The fraction of sp³-hybridized carbons (Fsp3) is 0.277. The third kappa shape index (κ3) is 14.6. The summed E-state index contributed by atoms with van der Waals surface area (Å²) in [5.74, 6) is -0.187. The van der Waals surface area contributed by atoms with Crippen molar-refractivity contribution in [2.75, 3.05) is 0 Å². The van der Waals surface area contributed by atoms with Gasteiger partial charge in [0.2, 0.25) is 0 Å². The molecule has 0 saturated heterocycles. The molecule has 0 spiro atoms. The van der Waals surface area contributed by atoms with Gasteiger partial charge in [-0.2, -0.15) is 0 Å². The van der Waals surface area contributed by atoms with Crippen LogP contribution < -0.4 is 0 Å². The molecule has 0 bridgehead atoms. The molecule has 2 nitrogen and oxygen atoms in total. The van der Waals surface area contributed by atoms with Crippen LogP contribution in [0.4, 0.5) is 0 Å². The number of carbonyl (C=O) groups is 2. The van der Waals surface area contributed by atoms with Crippen molar-refractivity contribution in [2.24, 2.45) is 0 Å². The Balaban J connectivity index is 0.000000393. The zero-order valence-corrected chi connectivity index (χ0v) is 34.4. The number of ketones is 1. The number of hydrogen-bond donors (Lipinski definition) is 0. The van der Waals surface area contributed by atoms with E-state index in [9.17, 15) is 9.59 Å². The second-order valence-electron chi connectivity index (χ2n) is 12.7. The number of hydrogen-bond acceptors (Lipinski definition) is 2. The van der Waals surface area contributed by atoms with E-state index in [0.29, 0.717) is 28.9 Å². The number of rotatable bonds is 14. The van der Waals surface area contributed by atoms with Crippen LogP contribution in [-0.2, 0) is 4.79 Å². The fourth-order valence-electron chi connectivity index (χ4n) is 5.29. The first-order valence-corrected chi connectivity index (χ1v) is 18.7. The molecule has 0 atom stereocenters. The molecule has 0 amide bonds. The SMILES string of the molecule is C=C/C(Cl)=C(/C)C(=C)C1=CCCC=C1C.C=C/C(Cl)=C(/CCCC)C(=C)c1ccccc1C.CC(C)=CC/C(C(=O)c1ccccc1C)=C(\Cl)C=O. The Morgan fingerprint density at radius 1 is 0.750 bits per heavy atom. The summed E-state index contributed by atoms with van der Waals surface area (Å²) in [5, 5.41) is 1.38. The summed E-state index contributed by atoms with van der Waals surface area (Å²) in [5.41, 5.74) is 11.9. The highest BCUT2D eigenvalue weighted by Gasteiger charge is 2.17. The molecular weight excluding hydrogens is 703 g/mol. The van der Waals surface area contributed by atoms with E-state index < -0.39 is 0 Å². The van der Waals surface area contributed by atoms with E-state index >= 15 is 0 Å². The lowest BCUT2D eigenvalue weighted by Crippen LogP contribution is -2.07. The first-order chi connectivity index (χ1) is 24.7. The molecule has 3 rings (SSSR count). The molecule has 0 radical (unpaired) electrons. The smallest absolute Gasteiger partial charge is 0.191 e. The predicted octanol–water partition coefficient (Wildman–Crippen LogP) is 15.0. The van der Waals surface area contributed by atoms with Crippen molar-refractivity contribution in [3.8, 4) is 0 Å². The largest absolute Gasteiger partial charge is 0.297 e. The Hall–Kier alpha value is -3.95. The van der Waals surface area contributed by atoms with Crippen LogP contribution in [0, 0.1) is 13.8 Å². The Kier molecular flexibility index (Phi) is 21.5. The summed E-state index contributed by atoms with van der Waals surface area (Å²) in [7, 11) is 0. The van der Waals surface area contributed by atoms with Crippen LogP contribution in [0.15, 0.2) is 159 Å². The van der Waals surface area contributed by atoms with Gasteiger partial charge in [-0.25, -0.2) is 0 Å². The van der Waals surface area contributed by atoms with Crippen LogP contribution in [0.2, 0.25) is 0 Å². The highest BCUT2D eigenvalue weighted by molar-refractivity contribution is 6.41. The predicted molar refractivity (Wildman–Crippen MR) is 230 cm³/mol. The molecule has 52 heavy (non-hydrogen) atoms. The minimum atomic E-state index is -0.187. The maximum atomic E-state index is 12.4. The molecule has 276 valence electrons. The molecule has 0 aliphatic heterocycles. The number of halogens is 3. The van der Waals surface area contributed by atoms with Crippen molar-refractivity contribution in [3.05, 3.63) is 182 Å². The Morgan fingerprint density at radius 2 is 1.29 bits per heavy atom. The van der Waals surface area contributed by atoms with Gasteiger partial charge in [-0.3, -0.25) is 9.59 Å². The Labute approximate surface area is 329 Å². The van der Waals surface area contributed by atoms with Crippen molar-refractivity contribution >= 4 is 52.4 Å². The summed E-state index contributed by atoms with van der Waals surface area (Å²) in [6.45, 7) is 29.8. The molecule has 2 aromatic rings. The molecule has 0 fully saturated rings. The molecule has 1 aliphatic rings. The monoisotopic (exact) mass is 756 g/mol. The number of carbonyl (C=O) groups excluding carboxylic acids is 2. The third-order valence-corrected chi connectivity index (χ3v) is 9.70. The number of benzene rings is 2. The molecule has 0 saturated carbocycles. The van der Waals surface area contributed by atoms with Gasteiger partial charge in [-0.05, 0) is 124 Å². The van der Waals surface area contributed by atoms with E-state index in [4.69, 9.17) is 34.8 Å². The summed E-state index contributed by atoms with van der Waals surface area (Å²) >= 11 is 18.2. The average molecular weight is 758 g/mol. The van der Waals surface area contributed by atoms with Gasteiger partial charge in [0.25, 0.3) is 0 Å². The van der Waals surface area contributed by atoms with Gasteiger partial charge in [0, 0.05) is 21.2 Å². The fourth-order valence-corrected chi connectivity index (χ4v) is 5.78. The highest BCUT2D eigenvalue weighted by atomic mass is 35.5. The maximum absolute atomic E-state index is 12.4. The van der Waals surface area contributed by atoms with Crippen LogP contribution >= 0.6 is 34.8 Å². The van der Waals surface area contributed by atoms with Gasteiger partial charge in [0.1, 0.15) is 0 Å². The van der Waals surface area contributed by atoms with Crippen LogP contribution in [0.5, 0.6) is 0 Å². The van der Waals surface area contributed by atoms with Crippen LogP contribution in [0.1, 0.15) is 100 Å². The van der Waals surface area contributed by atoms with E-state index in [1.165, 1.54) is 22.3 Å². The molecule has 1 aliphatic carbocycles. The van der Waals surface area contributed by atoms with Crippen molar-refractivity contribution < 1.29 is 9.59 Å². The summed E-state index contributed by atoms with van der Waals surface area (Å²) in [6.07, 6.45) is 16.0. The second-order valence-corrected chi connectivity index (χ2v) is 14.0. The van der Waals surface area contributed by atoms with E-state index in [1.54, 1.807) is 24.3 Å². The van der Waals surface area contributed by atoms with Gasteiger partial charge in [0.05, 0.1) is 5.03 Å². The molecule has 0 N–H and O–H groups in total. The van der Waals surface area contributed by atoms with Crippen molar-refractivity contribution in [2.45, 2.75) is 87.0 Å². The highest BCUT2D eigenvalue weighted by Crippen LogP contribution is 2.32. The molecule has 5 heteroatoms. The molecule has 0 aromatic heterocycles. The molecule has 0 heterocycles. The number of aldehydes is 1. The Morgan fingerprint density at radius 3 is 1.77 bits per heavy atom. The maximum Gasteiger partial charge on any atom is 0.191 e. The third-order valence-electron chi connectivity index (χ3n) is 8.56. The first kappa shape index (κ1) is 46.1. The van der Waals surface area contributed by atoms with E-state index in [-0.39, 0.29) is 10.8 Å². The lowest BCUT2D eigenvalue weighted by atomic mass is 9.90. The van der Waals surface area contributed by atoms with Crippen LogP contribution in [0.25, 0.3) is 5.57 Å². The standard InChI is InChI=1S/C17H21Cl.C16H17ClO2.C14H17Cl/c1-5-7-11-16(17(18)6-2)14(4)15-12-9-8-10-13(15)3;1-11(2)8-9-14(15(17)10-18)16(19)13-7-5-4-6-12(13)3;1-5-14(15)12(4)11(3)13-9-7-6-8-10(13)2/h6,8-10,12H,2,4-5,7,11H2,1,3H3;4-8,10H,9H2,1-3H3;5,8-9H,1,3,6-7H2,2,4H3/b17-16+;15-14+;14-12+. The average Bonchev–Trinajstić information content (AvgIpc) is 3.14. The minimum absolute atomic E-state index is 0.0225. The number of unbranched alkanes of at least 4 members (excludes halogenated alkanes) is 1. The van der Waals surface area contributed by atoms with Gasteiger partial charge in [-0.15, -0.1) is 0 Å². The zero-order chi connectivity index (χ0) is 39.4. The normalized spacial score (nSPS) is 13.4. The summed E-state index contributed by atoms with van der Waals surface area (Å²) in [6, 6.07) is 15.5. The number of allylic oxidation sites excluding steroid dienone is 16. The summed E-state index contributed by atoms with van der Waals surface area (Å²) in [4.78, 5) is 23.3. The lowest BCUT2D eigenvalue weighted by molar-refractivity contribution is -0.104. The minimum Gasteiger partial charge on any atom is -0.297 e.